The smallest absolute Gasteiger partial charge is 0.252 e. The monoisotopic (exact) mass is 464 g/mol. The maximum absolute atomic E-state index is 12.8. The highest BCUT2D eigenvalue weighted by Gasteiger charge is 2.35. The van der Waals surface area contributed by atoms with Crippen molar-refractivity contribution < 1.29 is 9.53 Å². The van der Waals surface area contributed by atoms with Crippen molar-refractivity contribution in [2.75, 3.05) is 49.5 Å². The summed E-state index contributed by atoms with van der Waals surface area (Å²) in [6, 6.07) is 6.17. The highest BCUT2D eigenvalue weighted by molar-refractivity contribution is 6.01. The van der Waals surface area contributed by atoms with Crippen LogP contribution in [0.3, 0.4) is 0 Å². The molecular formula is C25H32N6O3. The number of carbonyl (C=O) groups is 1. The second-order valence-electron chi connectivity index (χ2n) is 9.81. The number of anilines is 2. The molecule has 1 fully saturated rings. The number of hydrogen-bond acceptors (Lipinski definition) is 7. The van der Waals surface area contributed by atoms with Crippen LogP contribution in [0.1, 0.15) is 43.0 Å². The van der Waals surface area contributed by atoms with Gasteiger partial charge in [-0.25, -0.2) is 0 Å². The van der Waals surface area contributed by atoms with Gasteiger partial charge in [0.1, 0.15) is 11.6 Å². The van der Waals surface area contributed by atoms with Crippen molar-refractivity contribution in [3.63, 3.8) is 0 Å². The molecule has 2 N–H and O–H groups in total. The van der Waals surface area contributed by atoms with E-state index in [0.717, 1.165) is 87.8 Å². The SMILES string of the molecule is O=C1CNc2ccc(=O)n3c2N1CCC3CN1CCC(NCc2cc3c(cn2)OCCC3)CC1. The van der Waals surface area contributed by atoms with Crippen LogP contribution in [0.15, 0.2) is 29.2 Å². The third-order valence-electron chi connectivity index (χ3n) is 7.62. The van der Waals surface area contributed by atoms with Crippen LogP contribution >= 0.6 is 0 Å². The standard InChI is InChI=1S/C25H32N6O3/c32-23-4-3-21-25-30(24(33)15-28-21)10-7-20(31(23)25)16-29-8-5-18(6-9-29)26-13-19-12-17-2-1-11-34-22(17)14-27-19/h3-4,12,14,18,20,26,28H,1-2,5-11,13,15-16H2. The summed E-state index contributed by atoms with van der Waals surface area (Å²) in [5, 5.41) is 6.86. The van der Waals surface area contributed by atoms with E-state index in [-0.39, 0.29) is 17.5 Å². The third-order valence-corrected chi connectivity index (χ3v) is 7.62. The van der Waals surface area contributed by atoms with Crippen LogP contribution in [0.4, 0.5) is 11.5 Å². The minimum absolute atomic E-state index is 0.0237. The summed E-state index contributed by atoms with van der Waals surface area (Å²) in [5.74, 6) is 1.73. The van der Waals surface area contributed by atoms with E-state index in [4.69, 9.17) is 4.74 Å². The number of likely N-dealkylation sites (tertiary alicyclic amines) is 1. The molecule has 6 heterocycles. The summed E-state index contributed by atoms with van der Waals surface area (Å²) in [5.41, 5.74) is 3.21. The first-order chi connectivity index (χ1) is 16.7. The fourth-order valence-corrected chi connectivity index (χ4v) is 5.77. The first-order valence-corrected chi connectivity index (χ1v) is 12.5. The minimum atomic E-state index is -0.0237. The normalized spacial score (nSPS) is 22.5. The van der Waals surface area contributed by atoms with Crippen LogP contribution in [0.5, 0.6) is 5.75 Å². The highest BCUT2D eigenvalue weighted by atomic mass is 16.5. The zero-order valence-electron chi connectivity index (χ0n) is 19.5. The molecule has 1 atom stereocenters. The van der Waals surface area contributed by atoms with Gasteiger partial charge in [0.25, 0.3) is 5.56 Å². The Morgan fingerprint density at radius 2 is 2.03 bits per heavy atom. The molecule has 2 aromatic heterocycles. The Labute approximate surface area is 199 Å². The largest absolute Gasteiger partial charge is 0.492 e. The van der Waals surface area contributed by atoms with Gasteiger partial charge >= 0.3 is 0 Å². The maximum Gasteiger partial charge on any atom is 0.252 e. The van der Waals surface area contributed by atoms with E-state index >= 15 is 0 Å². The van der Waals surface area contributed by atoms with Crippen molar-refractivity contribution in [1.82, 2.24) is 19.8 Å². The van der Waals surface area contributed by atoms with Crippen molar-refractivity contribution in [1.29, 1.82) is 0 Å². The van der Waals surface area contributed by atoms with Crippen LogP contribution < -0.4 is 25.8 Å². The van der Waals surface area contributed by atoms with Gasteiger partial charge in [0.05, 0.1) is 36.8 Å². The molecule has 4 aliphatic heterocycles. The van der Waals surface area contributed by atoms with Crippen molar-refractivity contribution in [2.24, 2.45) is 0 Å². The lowest BCUT2D eigenvalue weighted by molar-refractivity contribution is -0.117. The molecule has 1 saturated heterocycles. The summed E-state index contributed by atoms with van der Waals surface area (Å²) >= 11 is 0. The number of ether oxygens (including phenoxy) is 1. The summed E-state index contributed by atoms with van der Waals surface area (Å²) in [6.45, 7) is 5.40. The molecule has 4 aliphatic rings. The molecule has 2 aromatic rings. The lowest BCUT2D eigenvalue weighted by atomic mass is 10.0. The number of nitrogens with zero attached hydrogens (tertiary/aromatic N) is 4. The summed E-state index contributed by atoms with van der Waals surface area (Å²) in [6.07, 6.45) is 6.98. The first kappa shape index (κ1) is 21.6. The number of carbonyl (C=O) groups excluding carboxylic acids is 1. The Morgan fingerprint density at radius 3 is 2.91 bits per heavy atom. The Morgan fingerprint density at radius 1 is 1.15 bits per heavy atom. The Kier molecular flexibility index (Phi) is 5.74. The van der Waals surface area contributed by atoms with Crippen molar-refractivity contribution in [3.8, 4) is 5.75 Å². The van der Waals surface area contributed by atoms with Gasteiger partial charge in [-0.3, -0.25) is 24.0 Å². The van der Waals surface area contributed by atoms with Crippen LogP contribution in [0.25, 0.3) is 0 Å². The van der Waals surface area contributed by atoms with Gasteiger partial charge in [-0.1, -0.05) is 0 Å². The van der Waals surface area contributed by atoms with E-state index in [1.54, 1.807) is 17.0 Å². The van der Waals surface area contributed by atoms with E-state index < -0.39 is 0 Å². The molecule has 0 aliphatic carbocycles. The number of aryl methyl sites for hydroxylation is 1. The van der Waals surface area contributed by atoms with E-state index in [9.17, 15) is 9.59 Å². The Hall–Kier alpha value is -2.91. The van der Waals surface area contributed by atoms with E-state index in [1.807, 2.05) is 10.8 Å². The summed E-state index contributed by atoms with van der Waals surface area (Å²) in [7, 11) is 0. The van der Waals surface area contributed by atoms with Gasteiger partial charge in [0.2, 0.25) is 5.91 Å². The fraction of sp³-hybridized carbons (Fsp3) is 0.560. The first-order valence-electron chi connectivity index (χ1n) is 12.5. The minimum Gasteiger partial charge on any atom is -0.492 e. The van der Waals surface area contributed by atoms with Crippen LogP contribution in [-0.2, 0) is 17.8 Å². The van der Waals surface area contributed by atoms with E-state index in [2.05, 4.69) is 26.6 Å². The molecule has 0 bridgehead atoms. The van der Waals surface area contributed by atoms with Gasteiger partial charge in [-0.05, 0) is 62.9 Å². The Bertz CT molecular complexity index is 1140. The quantitative estimate of drug-likeness (QED) is 0.693. The maximum atomic E-state index is 12.8. The van der Waals surface area contributed by atoms with Gasteiger partial charge in [-0.2, -0.15) is 0 Å². The average molecular weight is 465 g/mol. The number of hydrogen-bond donors (Lipinski definition) is 2. The Balaban J connectivity index is 1.06. The fourth-order valence-electron chi connectivity index (χ4n) is 5.77. The predicted octanol–water partition coefficient (Wildman–Crippen LogP) is 1.53. The molecule has 9 heteroatoms. The van der Waals surface area contributed by atoms with E-state index in [1.165, 1.54) is 5.56 Å². The van der Waals surface area contributed by atoms with Crippen molar-refractivity contribution in [3.05, 3.63) is 46.0 Å². The second kappa shape index (κ2) is 9.03. The van der Waals surface area contributed by atoms with Gasteiger partial charge in [0.15, 0.2) is 0 Å². The molecule has 1 unspecified atom stereocenters. The number of piperidine rings is 1. The number of fused-ring (bicyclic) bond motifs is 1. The second-order valence-corrected chi connectivity index (χ2v) is 9.81. The van der Waals surface area contributed by atoms with Gasteiger partial charge in [-0.15, -0.1) is 0 Å². The number of rotatable bonds is 5. The molecule has 34 heavy (non-hydrogen) atoms. The molecule has 9 nitrogen and oxygen atoms in total. The lowest BCUT2D eigenvalue weighted by Crippen LogP contribution is -2.51. The molecule has 0 radical (unpaired) electrons. The predicted molar refractivity (Wildman–Crippen MR) is 130 cm³/mol. The molecule has 0 spiro atoms. The van der Waals surface area contributed by atoms with Crippen molar-refractivity contribution >= 4 is 17.4 Å². The zero-order valence-corrected chi connectivity index (χ0v) is 19.5. The molecule has 0 saturated carbocycles. The average Bonchev–Trinajstić information content (AvgIpc) is 2.87. The van der Waals surface area contributed by atoms with Crippen LogP contribution in [0.2, 0.25) is 0 Å². The summed E-state index contributed by atoms with van der Waals surface area (Å²) < 4.78 is 7.52. The highest BCUT2D eigenvalue weighted by Crippen LogP contribution is 2.35. The summed E-state index contributed by atoms with van der Waals surface area (Å²) in [4.78, 5) is 34.0. The molecule has 6 rings (SSSR count). The van der Waals surface area contributed by atoms with Crippen molar-refractivity contribution in [2.45, 2.75) is 50.7 Å². The van der Waals surface area contributed by atoms with Gasteiger partial charge < -0.3 is 20.3 Å². The topological polar surface area (TPSA) is 91.7 Å². The lowest BCUT2D eigenvalue weighted by Gasteiger charge is -2.42. The van der Waals surface area contributed by atoms with Crippen LogP contribution in [0, 0.1) is 0 Å². The number of nitrogens with one attached hydrogen (secondary N) is 2. The molecular weight excluding hydrogens is 432 g/mol. The molecule has 1 amide bonds. The molecule has 180 valence electrons. The molecule has 0 aromatic carbocycles. The zero-order chi connectivity index (χ0) is 23.1. The number of amides is 1. The number of aromatic nitrogens is 2. The van der Waals surface area contributed by atoms with Crippen LogP contribution in [-0.4, -0.2) is 65.7 Å². The third kappa shape index (κ3) is 4.07. The van der Waals surface area contributed by atoms with E-state index in [0.29, 0.717) is 19.1 Å². The number of pyridine rings is 2. The van der Waals surface area contributed by atoms with Gasteiger partial charge in [0, 0.05) is 31.7 Å².